The minimum atomic E-state index is 0.644. The molecule has 1 aliphatic carbocycles. The Morgan fingerprint density at radius 1 is 1.18 bits per heavy atom. The van der Waals surface area contributed by atoms with Crippen LogP contribution in [0.3, 0.4) is 0 Å². The van der Waals surface area contributed by atoms with E-state index in [0.29, 0.717) is 6.04 Å². The molecule has 0 atom stereocenters. The number of hydrogen-bond acceptors (Lipinski definition) is 4. The average molecular weight is 295 g/mol. The number of tetrazole rings is 1. The first-order valence-corrected chi connectivity index (χ1v) is 8.07. The molecule has 0 saturated heterocycles. The summed E-state index contributed by atoms with van der Waals surface area (Å²) in [5.74, 6) is 0. The highest BCUT2D eigenvalue weighted by atomic mass is 15.5. The molecule has 1 fully saturated rings. The summed E-state index contributed by atoms with van der Waals surface area (Å²) in [6.45, 7) is 5.09. The predicted molar refractivity (Wildman–Crippen MR) is 86.9 cm³/mol. The van der Waals surface area contributed by atoms with Crippen LogP contribution in [0.15, 0.2) is 18.2 Å². The van der Waals surface area contributed by atoms with Crippen molar-refractivity contribution in [2.24, 2.45) is 0 Å². The normalized spacial score (nSPS) is 16.1. The van der Waals surface area contributed by atoms with Crippen LogP contribution < -0.4 is 5.32 Å². The van der Waals surface area contributed by atoms with E-state index in [4.69, 9.17) is 0 Å². The fraction of sp³-hybridized carbons (Fsp3) is 0.471. The zero-order chi connectivity index (χ0) is 15.1. The molecule has 5 nitrogen and oxygen atoms in total. The molecule has 0 spiro atoms. The highest BCUT2D eigenvalue weighted by Crippen LogP contribution is 2.24. The van der Waals surface area contributed by atoms with Crippen molar-refractivity contribution in [3.05, 3.63) is 34.9 Å². The van der Waals surface area contributed by atoms with Gasteiger partial charge < -0.3 is 5.32 Å². The third kappa shape index (κ3) is 2.25. The first kappa shape index (κ1) is 13.6. The van der Waals surface area contributed by atoms with Crippen molar-refractivity contribution >= 4 is 16.6 Å². The second-order valence-electron chi connectivity index (χ2n) is 6.46. The molecule has 0 aliphatic heterocycles. The summed E-state index contributed by atoms with van der Waals surface area (Å²) in [6, 6.07) is 7.26. The zero-order valence-corrected chi connectivity index (χ0v) is 13.1. The lowest BCUT2D eigenvalue weighted by Crippen LogP contribution is -2.25. The van der Waals surface area contributed by atoms with Gasteiger partial charge in [-0.1, -0.05) is 18.9 Å². The molecule has 0 radical (unpaired) electrons. The van der Waals surface area contributed by atoms with E-state index >= 15 is 0 Å². The lowest BCUT2D eigenvalue weighted by atomic mass is 10.0. The van der Waals surface area contributed by atoms with E-state index in [0.717, 1.165) is 17.7 Å². The van der Waals surface area contributed by atoms with Crippen LogP contribution in [0, 0.1) is 13.8 Å². The van der Waals surface area contributed by atoms with Crippen LogP contribution in [-0.2, 0) is 6.54 Å². The van der Waals surface area contributed by atoms with Gasteiger partial charge >= 0.3 is 0 Å². The Morgan fingerprint density at radius 2 is 2.00 bits per heavy atom. The summed E-state index contributed by atoms with van der Waals surface area (Å²) < 4.78 is 1.88. The van der Waals surface area contributed by atoms with Crippen molar-refractivity contribution in [2.45, 2.75) is 52.1 Å². The number of nitrogens with zero attached hydrogens (tertiary/aromatic N) is 4. The molecule has 114 valence electrons. The van der Waals surface area contributed by atoms with E-state index in [-0.39, 0.29) is 0 Å². The standard InChI is InChI=1S/C17H21N5/c1-11-7-12(2)15-9-13(10-18-14-5-3-4-6-14)17-19-20-21-22(17)16(15)8-11/h7-9,14,18H,3-6,10H2,1-2H3. The van der Waals surface area contributed by atoms with Gasteiger partial charge in [0.2, 0.25) is 0 Å². The molecular formula is C17H21N5. The molecule has 2 aromatic heterocycles. The largest absolute Gasteiger partial charge is 0.310 e. The van der Waals surface area contributed by atoms with Crippen LogP contribution in [0.25, 0.3) is 16.6 Å². The monoisotopic (exact) mass is 295 g/mol. The van der Waals surface area contributed by atoms with Gasteiger partial charge in [0, 0.05) is 23.5 Å². The maximum absolute atomic E-state index is 4.24. The van der Waals surface area contributed by atoms with Crippen LogP contribution in [-0.4, -0.2) is 26.1 Å². The Labute approximate surface area is 129 Å². The molecule has 4 rings (SSSR count). The highest BCUT2D eigenvalue weighted by Gasteiger charge is 2.16. The summed E-state index contributed by atoms with van der Waals surface area (Å²) in [6.07, 6.45) is 5.26. The van der Waals surface area contributed by atoms with Gasteiger partial charge in [-0.25, -0.2) is 0 Å². The first-order chi connectivity index (χ1) is 10.7. The van der Waals surface area contributed by atoms with Crippen LogP contribution in [0.2, 0.25) is 0 Å². The number of nitrogens with one attached hydrogen (secondary N) is 1. The smallest absolute Gasteiger partial charge is 0.184 e. The summed E-state index contributed by atoms with van der Waals surface area (Å²) >= 11 is 0. The number of benzene rings is 1. The Morgan fingerprint density at radius 3 is 2.82 bits per heavy atom. The molecule has 1 aromatic carbocycles. The topological polar surface area (TPSA) is 55.1 Å². The van der Waals surface area contributed by atoms with Gasteiger partial charge in [-0.05, 0) is 60.4 Å². The van der Waals surface area contributed by atoms with Gasteiger partial charge in [0.1, 0.15) is 0 Å². The second-order valence-corrected chi connectivity index (χ2v) is 6.46. The molecule has 2 heterocycles. The Kier molecular flexibility index (Phi) is 3.30. The zero-order valence-electron chi connectivity index (χ0n) is 13.1. The maximum atomic E-state index is 4.24. The van der Waals surface area contributed by atoms with Crippen LogP contribution in [0.1, 0.15) is 42.4 Å². The van der Waals surface area contributed by atoms with Crippen LogP contribution >= 0.6 is 0 Å². The van der Waals surface area contributed by atoms with E-state index in [1.54, 1.807) is 0 Å². The van der Waals surface area contributed by atoms with E-state index in [2.05, 4.69) is 52.9 Å². The summed E-state index contributed by atoms with van der Waals surface area (Å²) in [5.41, 5.74) is 5.63. The number of aromatic nitrogens is 4. The Bertz CT molecular complexity index is 830. The molecule has 1 aliphatic rings. The fourth-order valence-electron chi connectivity index (χ4n) is 3.62. The third-order valence-corrected chi connectivity index (χ3v) is 4.75. The maximum Gasteiger partial charge on any atom is 0.184 e. The third-order valence-electron chi connectivity index (χ3n) is 4.75. The van der Waals surface area contributed by atoms with Gasteiger partial charge in [-0.2, -0.15) is 4.52 Å². The van der Waals surface area contributed by atoms with Crippen molar-refractivity contribution in [2.75, 3.05) is 0 Å². The Balaban J connectivity index is 1.80. The van der Waals surface area contributed by atoms with E-state index in [1.165, 1.54) is 47.8 Å². The molecule has 3 aromatic rings. The van der Waals surface area contributed by atoms with Crippen molar-refractivity contribution < 1.29 is 0 Å². The molecule has 22 heavy (non-hydrogen) atoms. The van der Waals surface area contributed by atoms with E-state index in [9.17, 15) is 0 Å². The van der Waals surface area contributed by atoms with Gasteiger partial charge in [-0.3, -0.25) is 0 Å². The number of rotatable bonds is 3. The van der Waals surface area contributed by atoms with Crippen molar-refractivity contribution in [3.8, 4) is 0 Å². The highest BCUT2D eigenvalue weighted by molar-refractivity contribution is 5.86. The van der Waals surface area contributed by atoms with Crippen molar-refractivity contribution in [1.82, 2.24) is 25.4 Å². The lowest BCUT2D eigenvalue weighted by Gasteiger charge is -2.13. The number of pyridine rings is 1. The fourth-order valence-corrected chi connectivity index (χ4v) is 3.62. The van der Waals surface area contributed by atoms with Crippen LogP contribution in [0.4, 0.5) is 0 Å². The summed E-state index contributed by atoms with van der Waals surface area (Å²) in [7, 11) is 0. The molecule has 5 heteroatoms. The summed E-state index contributed by atoms with van der Waals surface area (Å²) in [5, 5.41) is 17.2. The molecule has 0 unspecified atom stereocenters. The number of hydrogen-bond donors (Lipinski definition) is 1. The van der Waals surface area contributed by atoms with Crippen LogP contribution in [0.5, 0.6) is 0 Å². The number of fused-ring (bicyclic) bond motifs is 3. The van der Waals surface area contributed by atoms with Gasteiger partial charge in [0.25, 0.3) is 0 Å². The first-order valence-electron chi connectivity index (χ1n) is 8.07. The lowest BCUT2D eigenvalue weighted by molar-refractivity contribution is 0.525. The quantitative estimate of drug-likeness (QED) is 0.807. The molecular weight excluding hydrogens is 274 g/mol. The van der Waals surface area contributed by atoms with Gasteiger partial charge in [0.05, 0.1) is 5.52 Å². The SMILES string of the molecule is Cc1cc(C)c2cc(CNC3CCCC3)c3nnnn3c2c1. The van der Waals surface area contributed by atoms with Crippen molar-refractivity contribution in [3.63, 3.8) is 0 Å². The molecule has 0 bridgehead atoms. The number of aryl methyl sites for hydroxylation is 2. The molecule has 1 N–H and O–H groups in total. The molecule has 0 amide bonds. The van der Waals surface area contributed by atoms with Gasteiger partial charge in [-0.15, -0.1) is 5.10 Å². The van der Waals surface area contributed by atoms with E-state index in [1.807, 2.05) is 4.52 Å². The minimum Gasteiger partial charge on any atom is -0.310 e. The predicted octanol–water partition coefficient (Wildman–Crippen LogP) is 2.93. The Hall–Kier alpha value is -2.01. The minimum absolute atomic E-state index is 0.644. The van der Waals surface area contributed by atoms with E-state index < -0.39 is 0 Å². The summed E-state index contributed by atoms with van der Waals surface area (Å²) in [4.78, 5) is 0. The second kappa shape index (κ2) is 5.32. The average Bonchev–Trinajstić information content (AvgIpc) is 3.16. The van der Waals surface area contributed by atoms with Gasteiger partial charge in [0.15, 0.2) is 5.65 Å². The molecule has 1 saturated carbocycles. The van der Waals surface area contributed by atoms with Crippen molar-refractivity contribution in [1.29, 1.82) is 0 Å².